The highest BCUT2D eigenvalue weighted by atomic mass is 79.9. The van der Waals surface area contributed by atoms with Gasteiger partial charge in [-0.25, -0.2) is 0 Å². The summed E-state index contributed by atoms with van der Waals surface area (Å²) in [6.45, 7) is 0.870. The predicted octanol–water partition coefficient (Wildman–Crippen LogP) is 3.77. The van der Waals surface area contributed by atoms with Gasteiger partial charge in [-0.1, -0.05) is 6.07 Å². The molecule has 1 aliphatic rings. The van der Waals surface area contributed by atoms with Gasteiger partial charge >= 0.3 is 0 Å². The van der Waals surface area contributed by atoms with Crippen LogP contribution >= 0.6 is 27.7 Å². The Balaban J connectivity index is 1.88. The van der Waals surface area contributed by atoms with Crippen LogP contribution in [0, 0.1) is 10.1 Å². The van der Waals surface area contributed by atoms with E-state index >= 15 is 0 Å². The fourth-order valence-electron chi connectivity index (χ4n) is 1.87. The molecule has 1 heterocycles. The van der Waals surface area contributed by atoms with Crippen LogP contribution in [0.3, 0.4) is 0 Å². The number of nitrogens with zero attached hydrogens (tertiary/aromatic N) is 1. The molecule has 1 saturated heterocycles. The van der Waals surface area contributed by atoms with Crippen LogP contribution in [0.25, 0.3) is 0 Å². The van der Waals surface area contributed by atoms with Crippen molar-refractivity contribution in [3.63, 3.8) is 0 Å². The average molecular weight is 332 g/mol. The number of hydrogen-bond acceptors (Lipinski definition) is 4. The fourth-order valence-corrected chi connectivity index (χ4v) is 3.32. The number of halogens is 1. The van der Waals surface area contributed by atoms with Gasteiger partial charge < -0.3 is 4.74 Å². The SMILES string of the molecule is O=[N+]([O-])c1cc(CSCC2CCCO2)ccc1Br. The second-order valence-corrected chi connectivity index (χ2v) is 6.08. The summed E-state index contributed by atoms with van der Waals surface area (Å²) in [6.07, 6.45) is 2.64. The Kier molecular flexibility index (Phi) is 5.03. The molecule has 1 atom stereocenters. The highest BCUT2D eigenvalue weighted by Crippen LogP contribution is 2.28. The summed E-state index contributed by atoms with van der Waals surface area (Å²) < 4.78 is 6.06. The molecule has 0 amide bonds. The molecule has 0 aliphatic carbocycles. The zero-order valence-corrected chi connectivity index (χ0v) is 12.2. The molecule has 0 spiro atoms. The fraction of sp³-hybridized carbons (Fsp3) is 0.500. The van der Waals surface area contributed by atoms with Gasteiger partial charge in [-0.3, -0.25) is 10.1 Å². The van der Waals surface area contributed by atoms with Crippen LogP contribution in [0.5, 0.6) is 0 Å². The molecular formula is C12H14BrNO3S. The maximum absolute atomic E-state index is 10.8. The summed E-state index contributed by atoms with van der Waals surface area (Å²) in [6, 6.07) is 5.28. The van der Waals surface area contributed by atoms with E-state index < -0.39 is 0 Å². The maximum atomic E-state index is 10.8. The number of thioether (sulfide) groups is 1. The van der Waals surface area contributed by atoms with Crippen LogP contribution in [0.4, 0.5) is 5.69 Å². The molecule has 1 unspecified atom stereocenters. The molecule has 18 heavy (non-hydrogen) atoms. The van der Waals surface area contributed by atoms with Crippen molar-refractivity contribution in [3.8, 4) is 0 Å². The van der Waals surface area contributed by atoms with E-state index in [4.69, 9.17) is 4.74 Å². The number of nitro benzene ring substituents is 1. The van der Waals surface area contributed by atoms with Crippen LogP contribution in [-0.4, -0.2) is 23.4 Å². The Labute approximate surface area is 118 Å². The van der Waals surface area contributed by atoms with E-state index in [0.717, 1.165) is 36.5 Å². The number of benzene rings is 1. The predicted molar refractivity (Wildman–Crippen MR) is 75.9 cm³/mol. The lowest BCUT2D eigenvalue weighted by atomic mass is 10.2. The van der Waals surface area contributed by atoms with E-state index in [-0.39, 0.29) is 10.6 Å². The van der Waals surface area contributed by atoms with Gasteiger partial charge in [0.25, 0.3) is 5.69 Å². The first kappa shape index (κ1) is 13.8. The van der Waals surface area contributed by atoms with Crippen LogP contribution in [0.15, 0.2) is 22.7 Å². The first-order valence-electron chi connectivity index (χ1n) is 5.79. The zero-order valence-electron chi connectivity index (χ0n) is 9.80. The summed E-state index contributed by atoms with van der Waals surface area (Å²) in [5, 5.41) is 10.8. The molecule has 1 aromatic carbocycles. The van der Waals surface area contributed by atoms with Crippen LogP contribution in [-0.2, 0) is 10.5 Å². The monoisotopic (exact) mass is 331 g/mol. The molecule has 6 heteroatoms. The molecule has 1 aliphatic heterocycles. The quantitative estimate of drug-likeness (QED) is 0.608. The Morgan fingerprint density at radius 1 is 1.56 bits per heavy atom. The van der Waals surface area contributed by atoms with E-state index in [0.29, 0.717) is 10.6 Å². The average Bonchev–Trinajstić information content (AvgIpc) is 2.84. The van der Waals surface area contributed by atoms with Crippen molar-refractivity contribution in [2.24, 2.45) is 0 Å². The minimum Gasteiger partial charge on any atom is -0.377 e. The molecule has 98 valence electrons. The Morgan fingerprint density at radius 3 is 3.06 bits per heavy atom. The van der Waals surface area contributed by atoms with Gasteiger partial charge in [0.15, 0.2) is 0 Å². The molecule has 4 nitrogen and oxygen atoms in total. The number of hydrogen-bond donors (Lipinski definition) is 0. The first-order chi connectivity index (χ1) is 8.66. The molecule has 2 rings (SSSR count). The van der Waals surface area contributed by atoms with Gasteiger partial charge in [0.1, 0.15) is 0 Å². The molecule has 0 bridgehead atoms. The maximum Gasteiger partial charge on any atom is 0.283 e. The molecule has 0 saturated carbocycles. The Hall–Kier alpha value is -0.590. The standard InChI is InChI=1S/C12H14BrNO3S/c13-11-4-3-9(6-12(11)14(15)16)7-18-8-10-2-1-5-17-10/h3-4,6,10H,1-2,5,7-8H2. The number of rotatable bonds is 5. The molecule has 1 aromatic rings. The van der Waals surface area contributed by atoms with Gasteiger partial charge in [-0.05, 0) is 40.4 Å². The van der Waals surface area contributed by atoms with Gasteiger partial charge in [0.05, 0.1) is 15.5 Å². The first-order valence-corrected chi connectivity index (χ1v) is 7.74. The Bertz CT molecular complexity index is 435. The highest BCUT2D eigenvalue weighted by molar-refractivity contribution is 9.10. The third-order valence-electron chi connectivity index (χ3n) is 2.80. The van der Waals surface area contributed by atoms with E-state index in [9.17, 15) is 10.1 Å². The second-order valence-electron chi connectivity index (χ2n) is 4.19. The minimum absolute atomic E-state index is 0.130. The second kappa shape index (κ2) is 6.54. The molecule has 0 N–H and O–H groups in total. The minimum atomic E-state index is -0.363. The van der Waals surface area contributed by atoms with Crippen molar-refractivity contribution in [2.45, 2.75) is 24.7 Å². The summed E-state index contributed by atoms with van der Waals surface area (Å²) in [7, 11) is 0. The van der Waals surface area contributed by atoms with Gasteiger partial charge in [-0.2, -0.15) is 11.8 Å². The Morgan fingerprint density at radius 2 is 2.39 bits per heavy atom. The molecule has 1 fully saturated rings. The zero-order chi connectivity index (χ0) is 13.0. The van der Waals surface area contributed by atoms with Crippen LogP contribution in [0.1, 0.15) is 18.4 Å². The van der Waals surface area contributed by atoms with E-state index in [1.165, 1.54) is 0 Å². The lowest BCUT2D eigenvalue weighted by Gasteiger charge is -2.08. The molecule has 0 aromatic heterocycles. The summed E-state index contributed by atoms with van der Waals surface area (Å²) >= 11 is 4.95. The van der Waals surface area contributed by atoms with Crippen molar-refractivity contribution in [1.29, 1.82) is 0 Å². The van der Waals surface area contributed by atoms with Crippen molar-refractivity contribution in [3.05, 3.63) is 38.3 Å². The van der Waals surface area contributed by atoms with Crippen molar-refractivity contribution < 1.29 is 9.66 Å². The van der Waals surface area contributed by atoms with E-state index in [2.05, 4.69) is 15.9 Å². The van der Waals surface area contributed by atoms with Crippen LogP contribution in [0.2, 0.25) is 0 Å². The summed E-state index contributed by atoms with van der Waals surface area (Å²) in [5.41, 5.74) is 1.11. The summed E-state index contributed by atoms with van der Waals surface area (Å²) in [4.78, 5) is 10.4. The molecular weight excluding hydrogens is 318 g/mol. The highest BCUT2D eigenvalue weighted by Gasteiger charge is 2.16. The van der Waals surface area contributed by atoms with Gasteiger partial charge in [-0.15, -0.1) is 0 Å². The van der Waals surface area contributed by atoms with E-state index in [1.807, 2.05) is 6.07 Å². The largest absolute Gasteiger partial charge is 0.377 e. The number of nitro groups is 1. The smallest absolute Gasteiger partial charge is 0.283 e. The molecule has 0 radical (unpaired) electrons. The third-order valence-corrected chi connectivity index (χ3v) is 4.62. The topological polar surface area (TPSA) is 52.4 Å². The lowest BCUT2D eigenvalue weighted by molar-refractivity contribution is -0.385. The number of ether oxygens (including phenoxy) is 1. The van der Waals surface area contributed by atoms with Crippen LogP contribution < -0.4 is 0 Å². The third kappa shape index (κ3) is 3.70. The van der Waals surface area contributed by atoms with Gasteiger partial charge in [0.2, 0.25) is 0 Å². The van der Waals surface area contributed by atoms with Crippen molar-refractivity contribution in [2.75, 3.05) is 12.4 Å². The lowest BCUT2D eigenvalue weighted by Crippen LogP contribution is -2.07. The van der Waals surface area contributed by atoms with Gasteiger partial charge in [0, 0.05) is 24.2 Å². The normalized spacial score (nSPS) is 19.1. The summed E-state index contributed by atoms with van der Waals surface area (Å²) in [5.74, 6) is 1.75. The van der Waals surface area contributed by atoms with E-state index in [1.54, 1.807) is 23.9 Å². The van der Waals surface area contributed by atoms with Crippen molar-refractivity contribution >= 4 is 33.4 Å². The van der Waals surface area contributed by atoms with Crippen molar-refractivity contribution in [1.82, 2.24) is 0 Å².